The first kappa shape index (κ1) is 16.1. The van der Waals surface area contributed by atoms with Gasteiger partial charge in [0.25, 0.3) is 0 Å². The number of alkyl halides is 3. The fourth-order valence-electron chi connectivity index (χ4n) is 2.88. The van der Waals surface area contributed by atoms with Crippen LogP contribution in [-0.2, 0) is 6.18 Å². The molecule has 1 aromatic carbocycles. The van der Waals surface area contributed by atoms with Crippen molar-refractivity contribution in [1.82, 2.24) is 0 Å². The van der Waals surface area contributed by atoms with E-state index in [1.54, 1.807) is 0 Å². The molecule has 0 spiro atoms. The maximum absolute atomic E-state index is 12.9. The highest BCUT2D eigenvalue weighted by molar-refractivity contribution is 7.80. The third-order valence-electron chi connectivity index (χ3n) is 4.19. The van der Waals surface area contributed by atoms with Crippen molar-refractivity contribution in [2.24, 2.45) is 11.1 Å². The van der Waals surface area contributed by atoms with Gasteiger partial charge in [0, 0.05) is 17.3 Å². The van der Waals surface area contributed by atoms with Gasteiger partial charge in [-0.3, -0.25) is 0 Å². The zero-order valence-corrected chi connectivity index (χ0v) is 12.9. The van der Waals surface area contributed by atoms with E-state index in [9.17, 15) is 13.2 Å². The van der Waals surface area contributed by atoms with Crippen molar-refractivity contribution in [1.29, 1.82) is 0 Å². The molecule has 116 valence electrons. The van der Waals surface area contributed by atoms with Crippen LogP contribution in [0, 0.1) is 5.41 Å². The molecule has 2 nitrogen and oxygen atoms in total. The minimum Gasteiger partial charge on any atom is -0.389 e. The van der Waals surface area contributed by atoms with Crippen molar-refractivity contribution < 1.29 is 13.2 Å². The van der Waals surface area contributed by atoms with Crippen LogP contribution in [0.4, 0.5) is 18.9 Å². The molecule has 3 N–H and O–H groups in total. The lowest BCUT2D eigenvalue weighted by Gasteiger charge is -2.29. The molecule has 1 saturated carbocycles. The van der Waals surface area contributed by atoms with Gasteiger partial charge in [0.15, 0.2) is 0 Å². The second kappa shape index (κ2) is 5.48. The smallest absolute Gasteiger partial charge is 0.389 e. The van der Waals surface area contributed by atoms with Crippen molar-refractivity contribution >= 4 is 22.9 Å². The molecule has 0 saturated heterocycles. The van der Waals surface area contributed by atoms with Crippen molar-refractivity contribution in [3.05, 3.63) is 29.3 Å². The van der Waals surface area contributed by atoms with Gasteiger partial charge in [0.1, 0.15) is 4.99 Å². The van der Waals surface area contributed by atoms with Crippen LogP contribution in [0.3, 0.4) is 0 Å². The number of thiocarbonyl (C=S) groups is 1. The van der Waals surface area contributed by atoms with Crippen molar-refractivity contribution in [3.63, 3.8) is 0 Å². The highest BCUT2D eigenvalue weighted by atomic mass is 32.1. The van der Waals surface area contributed by atoms with Gasteiger partial charge in [0.05, 0.1) is 5.56 Å². The Balaban J connectivity index is 2.31. The third kappa shape index (κ3) is 3.48. The summed E-state index contributed by atoms with van der Waals surface area (Å²) in [6.45, 7) is 4.33. The molecule has 1 fully saturated rings. The van der Waals surface area contributed by atoms with E-state index in [1.165, 1.54) is 12.1 Å². The van der Waals surface area contributed by atoms with Crippen LogP contribution in [0.25, 0.3) is 0 Å². The lowest BCUT2D eigenvalue weighted by atomic mass is 9.87. The molecular formula is C15H19F3N2S. The molecule has 1 atom stereocenters. The molecule has 2 rings (SSSR count). The SMILES string of the molecule is CC1(C)CCCC1Nc1ccc(C(F)(F)F)c(C(N)=S)c1. The van der Waals surface area contributed by atoms with E-state index in [-0.39, 0.29) is 22.0 Å². The first-order valence-corrected chi connectivity index (χ1v) is 7.30. The molecule has 0 aromatic heterocycles. The van der Waals surface area contributed by atoms with E-state index in [0.29, 0.717) is 5.69 Å². The van der Waals surface area contributed by atoms with Gasteiger partial charge < -0.3 is 11.1 Å². The molecule has 1 aliphatic carbocycles. The Morgan fingerprint density at radius 3 is 2.52 bits per heavy atom. The summed E-state index contributed by atoms with van der Waals surface area (Å²) in [5.41, 5.74) is 5.29. The van der Waals surface area contributed by atoms with Gasteiger partial charge in [0.2, 0.25) is 0 Å². The van der Waals surface area contributed by atoms with Crippen LogP contribution in [0.1, 0.15) is 44.2 Å². The predicted molar refractivity (Wildman–Crippen MR) is 82.4 cm³/mol. The van der Waals surface area contributed by atoms with Gasteiger partial charge in [-0.1, -0.05) is 32.5 Å². The largest absolute Gasteiger partial charge is 0.417 e. The van der Waals surface area contributed by atoms with Crippen molar-refractivity contribution in [3.8, 4) is 0 Å². The van der Waals surface area contributed by atoms with Gasteiger partial charge in [-0.2, -0.15) is 13.2 Å². The van der Waals surface area contributed by atoms with Gasteiger partial charge in [-0.05, 0) is 36.5 Å². The summed E-state index contributed by atoms with van der Waals surface area (Å²) >= 11 is 4.76. The van der Waals surface area contributed by atoms with E-state index < -0.39 is 11.7 Å². The predicted octanol–water partition coefficient (Wildman–Crippen LogP) is 4.33. The summed E-state index contributed by atoms with van der Waals surface area (Å²) in [6, 6.07) is 4.13. The first-order valence-electron chi connectivity index (χ1n) is 6.89. The topological polar surface area (TPSA) is 38.0 Å². The lowest BCUT2D eigenvalue weighted by Crippen LogP contribution is -2.31. The van der Waals surface area contributed by atoms with Crippen molar-refractivity contribution in [2.75, 3.05) is 5.32 Å². The van der Waals surface area contributed by atoms with Gasteiger partial charge in [-0.15, -0.1) is 0 Å². The van der Waals surface area contributed by atoms with E-state index >= 15 is 0 Å². The molecule has 1 unspecified atom stereocenters. The summed E-state index contributed by atoms with van der Waals surface area (Å²) < 4.78 is 38.8. The zero-order chi connectivity index (χ0) is 15.8. The Kier molecular flexibility index (Phi) is 4.19. The molecule has 0 aliphatic heterocycles. The number of benzene rings is 1. The number of halogens is 3. The van der Waals surface area contributed by atoms with Crippen LogP contribution >= 0.6 is 12.2 Å². The molecule has 0 heterocycles. The fourth-order valence-corrected chi connectivity index (χ4v) is 3.05. The third-order valence-corrected chi connectivity index (χ3v) is 4.41. The minimum atomic E-state index is -4.45. The molecule has 0 amide bonds. The Labute approximate surface area is 127 Å². The second-order valence-corrected chi connectivity index (χ2v) is 6.64. The Hall–Kier alpha value is -1.30. The molecule has 0 radical (unpaired) electrons. The average Bonchev–Trinajstić information content (AvgIpc) is 2.67. The lowest BCUT2D eigenvalue weighted by molar-refractivity contribution is -0.137. The van der Waals surface area contributed by atoms with Crippen LogP contribution in [0.2, 0.25) is 0 Å². The summed E-state index contributed by atoms with van der Waals surface area (Å²) in [6.07, 6.45) is -1.22. The number of hydrogen-bond donors (Lipinski definition) is 2. The Morgan fingerprint density at radius 2 is 2.05 bits per heavy atom. The van der Waals surface area contributed by atoms with E-state index in [0.717, 1.165) is 25.3 Å². The monoisotopic (exact) mass is 316 g/mol. The van der Waals surface area contributed by atoms with Gasteiger partial charge in [-0.25, -0.2) is 0 Å². The Morgan fingerprint density at radius 1 is 1.38 bits per heavy atom. The molecular weight excluding hydrogens is 297 g/mol. The van der Waals surface area contributed by atoms with Crippen LogP contribution in [0.15, 0.2) is 18.2 Å². The maximum atomic E-state index is 12.9. The summed E-state index contributed by atoms with van der Waals surface area (Å²) in [4.78, 5) is -0.239. The number of rotatable bonds is 3. The molecule has 21 heavy (non-hydrogen) atoms. The number of nitrogens with one attached hydrogen (secondary N) is 1. The summed E-state index contributed by atoms with van der Waals surface area (Å²) in [7, 11) is 0. The zero-order valence-electron chi connectivity index (χ0n) is 12.1. The number of anilines is 1. The molecule has 0 bridgehead atoms. The maximum Gasteiger partial charge on any atom is 0.417 e. The number of nitrogens with two attached hydrogens (primary N) is 1. The molecule has 1 aromatic rings. The molecule has 1 aliphatic rings. The number of hydrogen-bond acceptors (Lipinski definition) is 2. The fraction of sp³-hybridized carbons (Fsp3) is 0.533. The second-order valence-electron chi connectivity index (χ2n) is 6.20. The van der Waals surface area contributed by atoms with Crippen molar-refractivity contribution in [2.45, 2.75) is 45.3 Å². The normalized spacial score (nSPS) is 21.3. The van der Waals surface area contributed by atoms with Crippen LogP contribution in [-0.4, -0.2) is 11.0 Å². The highest BCUT2D eigenvalue weighted by Gasteiger charge is 2.36. The van der Waals surface area contributed by atoms with E-state index in [1.807, 2.05) is 0 Å². The highest BCUT2D eigenvalue weighted by Crippen LogP contribution is 2.40. The summed E-state index contributed by atoms with van der Waals surface area (Å²) in [5.74, 6) is 0. The van der Waals surface area contributed by atoms with Crippen LogP contribution < -0.4 is 11.1 Å². The Bertz CT molecular complexity index is 552. The van der Waals surface area contributed by atoms with E-state index in [2.05, 4.69) is 19.2 Å². The standard InChI is InChI=1S/C15H19F3N2S/c1-14(2)7-3-4-12(14)20-9-5-6-11(15(16,17)18)10(8-9)13(19)21/h5-6,8,12,20H,3-4,7H2,1-2H3,(H2,19,21). The summed E-state index contributed by atoms with van der Waals surface area (Å²) in [5, 5.41) is 3.32. The van der Waals surface area contributed by atoms with E-state index in [4.69, 9.17) is 18.0 Å². The van der Waals surface area contributed by atoms with Gasteiger partial charge >= 0.3 is 6.18 Å². The average molecular weight is 316 g/mol. The molecule has 6 heteroatoms. The quantitative estimate of drug-likeness (QED) is 0.815. The van der Waals surface area contributed by atoms with Crippen LogP contribution in [0.5, 0.6) is 0 Å². The first-order chi connectivity index (χ1) is 9.61. The minimum absolute atomic E-state index is 0.127.